The Morgan fingerprint density at radius 1 is 1.71 bits per heavy atom. The van der Waals surface area contributed by atoms with E-state index in [-0.39, 0.29) is 5.91 Å². The number of carbonyl (C=O) groups excluding carboxylic acids is 1. The van der Waals surface area contributed by atoms with E-state index in [1.54, 1.807) is 12.3 Å². The van der Waals surface area contributed by atoms with Gasteiger partial charge in [-0.3, -0.25) is 4.79 Å². The molecule has 1 aromatic heterocycles. The number of nitrogens with zero attached hydrogens (tertiary/aromatic N) is 1. The predicted octanol–water partition coefficient (Wildman–Crippen LogP) is 2.44. The second-order valence-electron chi connectivity index (χ2n) is 4.11. The zero-order valence-electron chi connectivity index (χ0n) is 9.17. The van der Waals surface area contributed by atoms with Crippen molar-refractivity contribution in [3.05, 3.63) is 21.9 Å². The van der Waals surface area contributed by atoms with Crippen molar-refractivity contribution in [3.63, 3.8) is 0 Å². The quantitative estimate of drug-likeness (QED) is 0.842. The number of hydrogen-bond donors (Lipinski definition) is 2. The molecule has 0 aliphatic carbocycles. The van der Waals surface area contributed by atoms with Crippen molar-refractivity contribution in [3.8, 4) is 0 Å². The maximum atomic E-state index is 11.7. The van der Waals surface area contributed by atoms with Crippen LogP contribution in [0.1, 0.15) is 12.8 Å². The van der Waals surface area contributed by atoms with Gasteiger partial charge < -0.3 is 10.6 Å². The van der Waals surface area contributed by atoms with Crippen molar-refractivity contribution in [2.45, 2.75) is 12.8 Å². The lowest BCUT2D eigenvalue weighted by molar-refractivity contribution is -0.116. The van der Waals surface area contributed by atoms with Gasteiger partial charge in [0.25, 0.3) is 0 Å². The molecule has 0 saturated carbocycles. The fourth-order valence-corrected chi connectivity index (χ4v) is 2.30. The van der Waals surface area contributed by atoms with Crippen molar-refractivity contribution < 1.29 is 4.79 Å². The number of amides is 1. The van der Waals surface area contributed by atoms with Crippen LogP contribution in [0.3, 0.4) is 0 Å². The second kappa shape index (κ2) is 5.80. The summed E-state index contributed by atoms with van der Waals surface area (Å²) in [5, 5.41) is 6.45. The molecule has 2 heterocycles. The number of anilines is 1. The first-order valence-electron chi connectivity index (χ1n) is 5.47. The zero-order chi connectivity index (χ0) is 12.3. The van der Waals surface area contributed by atoms with Gasteiger partial charge in [0.05, 0.1) is 16.4 Å². The highest BCUT2D eigenvalue weighted by Gasteiger charge is 2.18. The third kappa shape index (κ3) is 3.66. The third-order valence-corrected chi connectivity index (χ3v) is 3.85. The van der Waals surface area contributed by atoms with Crippen molar-refractivity contribution in [1.82, 2.24) is 10.3 Å². The molecule has 6 heteroatoms. The fourth-order valence-electron chi connectivity index (χ4n) is 1.85. The number of rotatable bonds is 3. The first kappa shape index (κ1) is 12.8. The Morgan fingerprint density at radius 2 is 2.53 bits per heavy atom. The minimum atomic E-state index is 0.0229. The van der Waals surface area contributed by atoms with Crippen LogP contribution in [0.4, 0.5) is 5.69 Å². The molecule has 17 heavy (non-hydrogen) atoms. The summed E-state index contributed by atoms with van der Waals surface area (Å²) < 4.78 is 0.680. The number of pyridine rings is 1. The number of halogens is 2. The molecule has 1 amide bonds. The van der Waals surface area contributed by atoms with E-state index >= 15 is 0 Å². The van der Waals surface area contributed by atoms with Crippen LogP contribution in [0.2, 0.25) is 5.15 Å². The topological polar surface area (TPSA) is 54.0 Å². The Morgan fingerprint density at radius 3 is 3.18 bits per heavy atom. The average molecular weight is 319 g/mol. The van der Waals surface area contributed by atoms with Crippen LogP contribution >= 0.6 is 27.5 Å². The first-order chi connectivity index (χ1) is 8.15. The molecule has 1 fully saturated rings. The van der Waals surface area contributed by atoms with E-state index in [1.165, 1.54) is 0 Å². The van der Waals surface area contributed by atoms with Crippen molar-refractivity contribution in [2.24, 2.45) is 5.92 Å². The molecule has 1 aliphatic rings. The molecule has 92 valence electrons. The van der Waals surface area contributed by atoms with Gasteiger partial charge >= 0.3 is 0 Å². The number of hydrogen-bond acceptors (Lipinski definition) is 3. The zero-order valence-corrected chi connectivity index (χ0v) is 11.5. The molecule has 2 N–H and O–H groups in total. The maximum absolute atomic E-state index is 11.7. The number of carbonyl (C=O) groups is 1. The third-order valence-electron chi connectivity index (χ3n) is 2.72. The minimum absolute atomic E-state index is 0.0229. The summed E-state index contributed by atoms with van der Waals surface area (Å²) in [6.07, 6.45) is 3.17. The van der Waals surface area contributed by atoms with Crippen LogP contribution in [-0.4, -0.2) is 24.0 Å². The molecule has 4 nitrogen and oxygen atoms in total. The Labute approximate surface area is 113 Å². The summed E-state index contributed by atoms with van der Waals surface area (Å²) in [6.45, 7) is 1.93. The van der Waals surface area contributed by atoms with Gasteiger partial charge in [-0.2, -0.15) is 0 Å². The van der Waals surface area contributed by atoms with Gasteiger partial charge in [0.2, 0.25) is 5.91 Å². The lowest BCUT2D eigenvalue weighted by Crippen LogP contribution is -2.18. The molecule has 2 rings (SSSR count). The monoisotopic (exact) mass is 317 g/mol. The molecule has 1 saturated heterocycles. The maximum Gasteiger partial charge on any atom is 0.224 e. The van der Waals surface area contributed by atoms with Crippen LogP contribution in [0.5, 0.6) is 0 Å². The molecule has 1 unspecified atom stereocenters. The molecule has 1 atom stereocenters. The van der Waals surface area contributed by atoms with Gasteiger partial charge in [0, 0.05) is 6.42 Å². The van der Waals surface area contributed by atoms with Crippen molar-refractivity contribution in [1.29, 1.82) is 0 Å². The summed E-state index contributed by atoms with van der Waals surface area (Å²) in [6, 6.07) is 1.75. The highest BCUT2D eigenvalue weighted by molar-refractivity contribution is 9.10. The van der Waals surface area contributed by atoms with Crippen LogP contribution in [0.15, 0.2) is 16.7 Å². The van der Waals surface area contributed by atoms with E-state index < -0.39 is 0 Å². The Bertz CT molecular complexity index is 421. The summed E-state index contributed by atoms with van der Waals surface area (Å²) >= 11 is 9.04. The van der Waals surface area contributed by atoms with Gasteiger partial charge in [-0.25, -0.2) is 4.98 Å². The highest BCUT2D eigenvalue weighted by atomic mass is 79.9. The molecular formula is C11H13BrClN3O. The summed E-state index contributed by atoms with van der Waals surface area (Å²) in [7, 11) is 0. The molecule has 0 aromatic carbocycles. The van der Waals surface area contributed by atoms with Crippen LogP contribution in [0, 0.1) is 5.92 Å². The SMILES string of the molecule is O=C(CC1CCNC1)Nc1cnc(Cl)c(Br)c1. The number of nitrogens with one attached hydrogen (secondary N) is 2. The van der Waals surface area contributed by atoms with E-state index in [1.807, 2.05) is 0 Å². The van der Waals surface area contributed by atoms with Gasteiger partial charge in [0.15, 0.2) is 0 Å². The van der Waals surface area contributed by atoms with Gasteiger partial charge in [0.1, 0.15) is 5.15 Å². The smallest absolute Gasteiger partial charge is 0.224 e. The normalized spacial score (nSPS) is 19.3. The predicted molar refractivity (Wildman–Crippen MR) is 71.2 cm³/mol. The summed E-state index contributed by atoms with van der Waals surface area (Å²) in [5.74, 6) is 0.466. The largest absolute Gasteiger partial charge is 0.325 e. The molecule has 1 aliphatic heterocycles. The van der Waals surface area contributed by atoms with Gasteiger partial charge in [-0.15, -0.1) is 0 Å². The summed E-state index contributed by atoms with van der Waals surface area (Å²) in [4.78, 5) is 15.7. The first-order valence-corrected chi connectivity index (χ1v) is 6.64. The van der Waals surface area contributed by atoms with Crippen LogP contribution in [-0.2, 0) is 4.79 Å². The van der Waals surface area contributed by atoms with Crippen LogP contribution in [0.25, 0.3) is 0 Å². The molecule has 0 radical (unpaired) electrons. The Balaban J connectivity index is 1.90. The lowest BCUT2D eigenvalue weighted by Gasteiger charge is -2.09. The average Bonchev–Trinajstić information content (AvgIpc) is 2.76. The molecule has 0 spiro atoms. The molecule has 0 bridgehead atoms. The lowest BCUT2D eigenvalue weighted by atomic mass is 10.0. The van der Waals surface area contributed by atoms with E-state index in [9.17, 15) is 4.79 Å². The fraction of sp³-hybridized carbons (Fsp3) is 0.455. The minimum Gasteiger partial charge on any atom is -0.325 e. The van der Waals surface area contributed by atoms with Gasteiger partial charge in [-0.1, -0.05) is 11.6 Å². The van der Waals surface area contributed by atoms with E-state index in [0.717, 1.165) is 19.5 Å². The second-order valence-corrected chi connectivity index (χ2v) is 5.32. The van der Waals surface area contributed by atoms with Crippen molar-refractivity contribution >= 4 is 39.1 Å². The molecular weight excluding hydrogens is 305 g/mol. The standard InChI is InChI=1S/C11H13BrClN3O/c12-9-4-8(6-15-11(9)13)16-10(17)3-7-1-2-14-5-7/h4,6-7,14H,1-3,5H2,(H,16,17). The van der Waals surface area contributed by atoms with E-state index in [2.05, 4.69) is 31.5 Å². The van der Waals surface area contributed by atoms with E-state index in [4.69, 9.17) is 11.6 Å². The van der Waals surface area contributed by atoms with Crippen LogP contribution < -0.4 is 10.6 Å². The summed E-state index contributed by atoms with van der Waals surface area (Å²) in [5.41, 5.74) is 0.664. The Hall–Kier alpha value is -0.650. The number of aromatic nitrogens is 1. The molecule has 1 aromatic rings. The van der Waals surface area contributed by atoms with Gasteiger partial charge in [-0.05, 0) is 47.4 Å². The highest BCUT2D eigenvalue weighted by Crippen LogP contribution is 2.23. The van der Waals surface area contributed by atoms with E-state index in [0.29, 0.717) is 27.7 Å². The Kier molecular flexibility index (Phi) is 4.36. The van der Waals surface area contributed by atoms with Crippen molar-refractivity contribution in [2.75, 3.05) is 18.4 Å².